The Hall–Kier alpha value is -4.08. The van der Waals surface area contributed by atoms with Crippen molar-refractivity contribution in [2.45, 2.75) is 58.7 Å². The molecule has 4 heterocycles. The van der Waals surface area contributed by atoms with Crippen molar-refractivity contribution in [3.63, 3.8) is 0 Å². The number of carbonyl (C=O) groups excluding carboxylic acids is 1. The van der Waals surface area contributed by atoms with Crippen molar-refractivity contribution in [2.24, 2.45) is 5.92 Å². The molecule has 0 aliphatic carbocycles. The minimum absolute atomic E-state index is 0.000833. The summed E-state index contributed by atoms with van der Waals surface area (Å²) in [5, 5.41) is 14.7. The Balaban J connectivity index is 1.30. The smallest absolute Gasteiger partial charge is 0.314 e. The van der Waals surface area contributed by atoms with Gasteiger partial charge in [0.15, 0.2) is 6.73 Å². The van der Waals surface area contributed by atoms with Crippen LogP contribution in [0.3, 0.4) is 0 Å². The Kier molecular flexibility index (Phi) is 8.17. The van der Waals surface area contributed by atoms with Gasteiger partial charge in [0, 0.05) is 36.4 Å². The highest BCUT2D eigenvalue weighted by atomic mass is 32.2. The van der Waals surface area contributed by atoms with Gasteiger partial charge < -0.3 is 4.74 Å². The Labute approximate surface area is 245 Å². The monoisotopic (exact) mass is 589 g/mol. The van der Waals surface area contributed by atoms with Gasteiger partial charge in [-0.3, -0.25) is 14.0 Å². The molecule has 1 aliphatic heterocycles. The summed E-state index contributed by atoms with van der Waals surface area (Å²) in [7, 11) is -3.35. The predicted molar refractivity (Wildman–Crippen MR) is 157 cm³/mol. The quantitative estimate of drug-likeness (QED) is 0.239. The van der Waals surface area contributed by atoms with Crippen LogP contribution in [0.15, 0.2) is 55.2 Å². The summed E-state index contributed by atoms with van der Waals surface area (Å²) < 4.78 is 35.1. The maximum atomic E-state index is 12.9. The summed E-state index contributed by atoms with van der Waals surface area (Å²) in [6.07, 6.45) is 7.81. The van der Waals surface area contributed by atoms with Gasteiger partial charge in [0.2, 0.25) is 10.0 Å². The molecule has 1 fully saturated rings. The van der Waals surface area contributed by atoms with Crippen LogP contribution in [0, 0.1) is 17.2 Å². The number of ether oxygens (including phenoxy) is 1. The lowest BCUT2D eigenvalue weighted by atomic mass is 9.89. The molecule has 1 aliphatic rings. The predicted octanol–water partition coefficient (Wildman–Crippen LogP) is 4.07. The fraction of sp³-hybridized carbons (Fsp3) is 0.433. The standard InChI is InChI=1S/C30H35N7O4S/c1-5-42(39,40)36-17-30(18-36,11-12-31)37-16-25(15-34-37)27-26-10-13-35(28(26)33-19-32-27)20-41-29(38)22(4)24-8-6-23(7-9-24)14-21(2)3/h6-10,13,15-16,19,21-22H,5,11,14,17-18,20H2,1-4H3. The Morgan fingerprint density at radius 1 is 1.14 bits per heavy atom. The fourth-order valence-corrected chi connectivity index (χ4v) is 6.56. The summed E-state index contributed by atoms with van der Waals surface area (Å²) in [6.45, 7) is 8.19. The van der Waals surface area contributed by atoms with Crippen molar-refractivity contribution in [1.29, 1.82) is 5.26 Å². The maximum Gasteiger partial charge on any atom is 0.314 e. The minimum atomic E-state index is -3.35. The molecule has 5 rings (SSSR count). The van der Waals surface area contributed by atoms with Crippen LogP contribution in [0.2, 0.25) is 0 Å². The fourth-order valence-electron chi connectivity index (χ4n) is 5.32. The Morgan fingerprint density at radius 2 is 1.88 bits per heavy atom. The molecule has 1 aromatic carbocycles. The van der Waals surface area contributed by atoms with E-state index in [0.29, 0.717) is 22.8 Å². The summed E-state index contributed by atoms with van der Waals surface area (Å²) in [6, 6.07) is 12.1. The second kappa shape index (κ2) is 11.7. The third-order valence-electron chi connectivity index (χ3n) is 7.83. The van der Waals surface area contributed by atoms with Gasteiger partial charge in [0.05, 0.1) is 36.1 Å². The van der Waals surface area contributed by atoms with Crippen molar-refractivity contribution < 1.29 is 17.9 Å². The molecule has 12 heteroatoms. The number of carbonyl (C=O) groups is 1. The van der Waals surface area contributed by atoms with Crippen LogP contribution >= 0.6 is 0 Å². The summed E-state index contributed by atoms with van der Waals surface area (Å²) in [5.41, 5.74) is 3.36. The van der Waals surface area contributed by atoms with Crippen molar-refractivity contribution in [3.8, 4) is 17.3 Å². The normalized spacial score (nSPS) is 15.8. The molecule has 11 nitrogen and oxygen atoms in total. The molecular weight excluding hydrogens is 554 g/mol. The number of aromatic nitrogens is 5. The highest BCUT2D eigenvalue weighted by Gasteiger charge is 2.49. The molecule has 1 saturated heterocycles. The molecule has 42 heavy (non-hydrogen) atoms. The lowest BCUT2D eigenvalue weighted by Gasteiger charge is -2.47. The third kappa shape index (κ3) is 5.67. The number of esters is 1. The second-order valence-electron chi connectivity index (χ2n) is 11.3. The zero-order valence-electron chi connectivity index (χ0n) is 24.3. The van der Waals surface area contributed by atoms with Crippen LogP contribution < -0.4 is 0 Å². The molecular formula is C30H35N7O4S. The summed E-state index contributed by atoms with van der Waals surface area (Å²) in [4.78, 5) is 21.8. The number of hydrogen-bond acceptors (Lipinski definition) is 8. The number of benzene rings is 1. The molecule has 220 valence electrons. The van der Waals surface area contributed by atoms with E-state index in [-0.39, 0.29) is 38.0 Å². The molecule has 0 radical (unpaired) electrons. The largest absolute Gasteiger partial charge is 0.443 e. The van der Waals surface area contributed by atoms with Crippen LogP contribution in [0.1, 0.15) is 51.2 Å². The average Bonchev–Trinajstić information content (AvgIpc) is 3.61. The van der Waals surface area contributed by atoms with Gasteiger partial charge in [-0.2, -0.15) is 14.7 Å². The molecule has 0 spiro atoms. The molecule has 1 atom stereocenters. The van der Waals surface area contributed by atoms with Gasteiger partial charge in [-0.1, -0.05) is 38.1 Å². The number of fused-ring (bicyclic) bond motifs is 1. The maximum absolute atomic E-state index is 12.9. The zero-order valence-corrected chi connectivity index (χ0v) is 25.1. The van der Waals surface area contributed by atoms with E-state index in [4.69, 9.17) is 4.74 Å². The molecule has 4 aromatic rings. The van der Waals surface area contributed by atoms with Crippen LogP contribution in [-0.2, 0) is 38.2 Å². The molecule has 0 N–H and O–H groups in total. The van der Waals surface area contributed by atoms with Gasteiger partial charge in [-0.15, -0.1) is 0 Å². The van der Waals surface area contributed by atoms with Crippen molar-refractivity contribution >= 4 is 27.0 Å². The van der Waals surface area contributed by atoms with Gasteiger partial charge >= 0.3 is 5.97 Å². The molecule has 0 amide bonds. The highest BCUT2D eigenvalue weighted by molar-refractivity contribution is 7.89. The molecule has 1 unspecified atom stereocenters. The number of rotatable bonds is 11. The number of hydrogen-bond donors (Lipinski definition) is 0. The summed E-state index contributed by atoms with van der Waals surface area (Å²) in [5.74, 6) is -0.163. The van der Waals surface area contributed by atoms with Crippen molar-refractivity contribution in [2.75, 3.05) is 18.8 Å². The first-order valence-electron chi connectivity index (χ1n) is 14.0. The molecule has 0 saturated carbocycles. The minimum Gasteiger partial charge on any atom is -0.443 e. The first kappa shape index (κ1) is 29.4. The average molecular weight is 590 g/mol. The lowest BCUT2D eigenvalue weighted by molar-refractivity contribution is -0.148. The van der Waals surface area contributed by atoms with E-state index in [0.717, 1.165) is 17.4 Å². The van der Waals surface area contributed by atoms with E-state index in [2.05, 4.69) is 47.1 Å². The number of nitriles is 1. The number of nitrogens with zero attached hydrogens (tertiary/aromatic N) is 7. The highest BCUT2D eigenvalue weighted by Crippen LogP contribution is 2.36. The Bertz CT molecular complexity index is 1730. The van der Waals surface area contributed by atoms with Gasteiger partial charge in [-0.05, 0) is 43.4 Å². The van der Waals surface area contributed by atoms with Crippen molar-refractivity contribution in [1.82, 2.24) is 28.6 Å². The van der Waals surface area contributed by atoms with Gasteiger partial charge in [-0.25, -0.2) is 18.4 Å². The van der Waals surface area contributed by atoms with Gasteiger partial charge in [0.1, 0.15) is 17.5 Å². The molecule has 0 bridgehead atoms. The van der Waals surface area contributed by atoms with E-state index in [9.17, 15) is 18.5 Å². The van der Waals surface area contributed by atoms with E-state index in [1.54, 1.807) is 34.8 Å². The van der Waals surface area contributed by atoms with Crippen LogP contribution in [0.25, 0.3) is 22.3 Å². The van der Waals surface area contributed by atoms with Crippen molar-refractivity contribution in [3.05, 3.63) is 66.4 Å². The lowest BCUT2D eigenvalue weighted by Crippen LogP contribution is -2.64. The van der Waals surface area contributed by atoms with Crippen LogP contribution in [-0.4, -0.2) is 61.9 Å². The second-order valence-corrected chi connectivity index (χ2v) is 13.6. The topological polar surface area (TPSA) is 136 Å². The van der Waals surface area contributed by atoms with E-state index in [1.807, 2.05) is 25.1 Å². The van der Waals surface area contributed by atoms with E-state index in [1.165, 1.54) is 16.2 Å². The third-order valence-corrected chi connectivity index (χ3v) is 9.60. The first-order valence-corrected chi connectivity index (χ1v) is 15.6. The molecule has 3 aromatic heterocycles. The van der Waals surface area contributed by atoms with Crippen LogP contribution in [0.4, 0.5) is 0 Å². The van der Waals surface area contributed by atoms with Gasteiger partial charge in [0.25, 0.3) is 0 Å². The first-order chi connectivity index (χ1) is 20.1. The van der Waals surface area contributed by atoms with E-state index < -0.39 is 21.5 Å². The number of sulfonamides is 1. The van der Waals surface area contributed by atoms with E-state index >= 15 is 0 Å². The zero-order chi connectivity index (χ0) is 30.1. The SMILES string of the molecule is CCS(=O)(=O)N1CC(CC#N)(n2cc(-c3ncnc4c3ccn4COC(=O)C(C)c3ccc(CC(C)C)cc3)cn2)C1. The van der Waals surface area contributed by atoms with Crippen LogP contribution in [0.5, 0.6) is 0 Å². The summed E-state index contributed by atoms with van der Waals surface area (Å²) >= 11 is 0. The Morgan fingerprint density at radius 3 is 2.55 bits per heavy atom.